The van der Waals surface area contributed by atoms with E-state index >= 15 is 0 Å². The van der Waals surface area contributed by atoms with Crippen LogP contribution in [0.1, 0.15) is 28.6 Å². The van der Waals surface area contributed by atoms with E-state index < -0.39 is 24.0 Å². The molecule has 0 radical (unpaired) electrons. The molecule has 4 atom stereocenters. The Morgan fingerprint density at radius 1 is 0.974 bits per heavy atom. The van der Waals surface area contributed by atoms with Crippen LogP contribution in [0.3, 0.4) is 0 Å². The second kappa shape index (κ2) is 11.3. The monoisotopic (exact) mass is 534 g/mol. The number of benzene rings is 2. The molecule has 5 rings (SSSR count). The number of ether oxygens (including phenoxy) is 3. The van der Waals surface area contributed by atoms with Gasteiger partial charge in [-0.3, -0.25) is 4.57 Å². The van der Waals surface area contributed by atoms with Gasteiger partial charge in [-0.05, 0) is 11.1 Å². The molecule has 2 aromatic heterocycles. The largest absolute Gasteiger partial charge is 0.387 e. The Balaban J connectivity index is 1.67. The fraction of sp³-hybridized carbons (Fsp3) is 0.393. The smallest absolute Gasteiger partial charge is 0.205 e. The number of anilines is 1. The van der Waals surface area contributed by atoms with Crippen LogP contribution in [0.25, 0.3) is 11.2 Å². The van der Waals surface area contributed by atoms with Gasteiger partial charge in [0.25, 0.3) is 0 Å². The molecule has 0 amide bonds. The second-order valence-electron chi connectivity index (χ2n) is 9.67. The molecule has 2 aromatic carbocycles. The summed E-state index contributed by atoms with van der Waals surface area (Å²) in [6, 6.07) is 20.3. The lowest BCUT2D eigenvalue weighted by molar-refractivity contribution is -0.175. The first-order valence-electron chi connectivity index (χ1n) is 12.8. The van der Waals surface area contributed by atoms with Crippen LogP contribution >= 0.6 is 0 Å². The number of hydrogen-bond acceptors (Lipinski definition) is 10. The summed E-state index contributed by atoms with van der Waals surface area (Å²) in [7, 11) is 2.96. The van der Waals surface area contributed by atoms with Gasteiger partial charge in [0.05, 0.1) is 25.5 Å². The molecule has 3 heterocycles. The standard InChI is InChI=1S/C28H34N6O5/c1-37-15-21-24(35)25(36)28(39-21,16-38-2)34-26-23(33-27(34)30)20(31-22(14-29)32-26)13-19(17-9-5-3-6-10-17)18-11-7-4-8-12-18/h3-12,19,21,24-25,35-36H,13-16,29H2,1-2H3,(H2,30,33)/t21-,24-,25-,28-/m1/s1. The number of methoxy groups -OCH3 is 2. The summed E-state index contributed by atoms with van der Waals surface area (Å²) < 4.78 is 18.4. The van der Waals surface area contributed by atoms with Crippen molar-refractivity contribution in [3.63, 3.8) is 0 Å². The fourth-order valence-corrected chi connectivity index (χ4v) is 5.42. The summed E-state index contributed by atoms with van der Waals surface area (Å²) in [5.74, 6) is 0.385. The van der Waals surface area contributed by atoms with Crippen molar-refractivity contribution in [1.29, 1.82) is 0 Å². The molecule has 0 saturated carbocycles. The lowest BCUT2D eigenvalue weighted by Gasteiger charge is -2.33. The third kappa shape index (κ3) is 4.89. The molecular formula is C28H34N6O5. The normalized spacial score (nSPS) is 23.2. The Labute approximate surface area is 226 Å². The molecule has 0 unspecified atom stereocenters. The third-order valence-electron chi connectivity index (χ3n) is 7.22. The number of aliphatic hydroxyl groups is 2. The van der Waals surface area contributed by atoms with Crippen LogP contribution in [0.2, 0.25) is 0 Å². The fourth-order valence-electron chi connectivity index (χ4n) is 5.42. The Morgan fingerprint density at radius 3 is 2.18 bits per heavy atom. The molecule has 206 valence electrons. The van der Waals surface area contributed by atoms with Crippen LogP contribution in [0.4, 0.5) is 5.95 Å². The van der Waals surface area contributed by atoms with Gasteiger partial charge in [-0.2, -0.15) is 0 Å². The van der Waals surface area contributed by atoms with E-state index in [1.165, 1.54) is 18.8 Å². The first kappa shape index (κ1) is 27.1. The highest BCUT2D eigenvalue weighted by Crippen LogP contribution is 2.40. The van der Waals surface area contributed by atoms with Gasteiger partial charge in [-0.25, -0.2) is 15.0 Å². The van der Waals surface area contributed by atoms with Gasteiger partial charge in [0.2, 0.25) is 11.7 Å². The van der Waals surface area contributed by atoms with Crippen LogP contribution in [-0.4, -0.2) is 75.5 Å². The van der Waals surface area contributed by atoms with Crippen LogP contribution in [0, 0.1) is 0 Å². The summed E-state index contributed by atoms with van der Waals surface area (Å²) >= 11 is 0. The third-order valence-corrected chi connectivity index (χ3v) is 7.22. The molecule has 39 heavy (non-hydrogen) atoms. The van der Waals surface area contributed by atoms with E-state index in [1.807, 2.05) is 36.4 Å². The van der Waals surface area contributed by atoms with Crippen molar-refractivity contribution < 1.29 is 24.4 Å². The number of nitrogens with zero attached hydrogens (tertiary/aromatic N) is 4. The van der Waals surface area contributed by atoms with Crippen LogP contribution in [0.5, 0.6) is 0 Å². The van der Waals surface area contributed by atoms with Crippen molar-refractivity contribution in [3.05, 3.63) is 83.3 Å². The number of hydrogen-bond donors (Lipinski definition) is 4. The summed E-state index contributed by atoms with van der Waals surface area (Å²) in [6.07, 6.45) is -2.99. The molecule has 0 bridgehead atoms. The van der Waals surface area contributed by atoms with Crippen molar-refractivity contribution in [2.24, 2.45) is 5.73 Å². The van der Waals surface area contributed by atoms with E-state index in [0.29, 0.717) is 29.1 Å². The quantitative estimate of drug-likeness (QED) is 0.233. The number of rotatable bonds is 10. The van der Waals surface area contributed by atoms with Gasteiger partial charge in [0.1, 0.15) is 29.7 Å². The molecule has 11 nitrogen and oxygen atoms in total. The minimum Gasteiger partial charge on any atom is -0.387 e. The zero-order valence-corrected chi connectivity index (χ0v) is 22.0. The van der Waals surface area contributed by atoms with Gasteiger partial charge in [0, 0.05) is 26.6 Å². The maximum atomic E-state index is 11.2. The van der Waals surface area contributed by atoms with Crippen LogP contribution in [0.15, 0.2) is 60.7 Å². The van der Waals surface area contributed by atoms with E-state index in [4.69, 9.17) is 30.7 Å². The Kier molecular flexibility index (Phi) is 7.89. The average molecular weight is 535 g/mol. The van der Waals surface area contributed by atoms with Gasteiger partial charge in [-0.15, -0.1) is 0 Å². The highest BCUT2D eigenvalue weighted by molar-refractivity contribution is 5.77. The number of aromatic nitrogens is 4. The van der Waals surface area contributed by atoms with Crippen LogP contribution in [-0.2, 0) is 32.9 Å². The number of aliphatic hydroxyl groups excluding tert-OH is 2. The van der Waals surface area contributed by atoms with E-state index in [0.717, 1.165) is 11.1 Å². The van der Waals surface area contributed by atoms with Gasteiger partial charge in [0.15, 0.2) is 5.65 Å². The zero-order valence-electron chi connectivity index (χ0n) is 22.0. The molecule has 11 heteroatoms. The molecular weight excluding hydrogens is 500 g/mol. The Bertz CT molecular complexity index is 1360. The summed E-state index contributed by atoms with van der Waals surface area (Å²) in [4.78, 5) is 14.1. The minimum atomic E-state index is -1.61. The summed E-state index contributed by atoms with van der Waals surface area (Å²) in [5.41, 5.74) is 14.6. The molecule has 0 spiro atoms. The first-order valence-corrected chi connectivity index (χ1v) is 12.8. The van der Waals surface area contributed by atoms with E-state index in [2.05, 4.69) is 34.2 Å². The second-order valence-corrected chi connectivity index (χ2v) is 9.67. The Hall–Kier alpha value is -3.45. The van der Waals surface area contributed by atoms with Crippen molar-refractivity contribution >= 4 is 17.1 Å². The van der Waals surface area contributed by atoms with E-state index in [-0.39, 0.29) is 31.6 Å². The van der Waals surface area contributed by atoms with Crippen LogP contribution < -0.4 is 11.5 Å². The maximum Gasteiger partial charge on any atom is 0.205 e. The summed E-state index contributed by atoms with van der Waals surface area (Å²) in [6.45, 7) is 0.000368. The highest BCUT2D eigenvalue weighted by atomic mass is 16.6. The SMILES string of the molecule is COC[C@H]1O[C@@](COC)(n2c(N)nc3c(CC(c4ccccc4)c4ccccc4)nc(CN)nc32)[C@H](O)[C@@H]1O. The maximum absolute atomic E-state index is 11.2. The lowest BCUT2D eigenvalue weighted by atomic mass is 9.87. The van der Waals surface area contributed by atoms with E-state index in [9.17, 15) is 10.2 Å². The van der Waals surface area contributed by atoms with Crippen molar-refractivity contribution in [3.8, 4) is 0 Å². The summed E-state index contributed by atoms with van der Waals surface area (Å²) in [5, 5.41) is 22.0. The zero-order chi connectivity index (χ0) is 27.6. The average Bonchev–Trinajstić information content (AvgIpc) is 3.42. The van der Waals surface area contributed by atoms with Gasteiger partial charge in [-0.1, -0.05) is 60.7 Å². The van der Waals surface area contributed by atoms with E-state index in [1.54, 1.807) is 0 Å². The lowest BCUT2D eigenvalue weighted by Crippen LogP contribution is -2.49. The number of nitrogens with two attached hydrogens (primary N) is 2. The topological polar surface area (TPSA) is 164 Å². The molecule has 4 aromatic rings. The number of nitrogen functional groups attached to an aromatic ring is 1. The number of fused-ring (bicyclic) bond motifs is 1. The molecule has 1 aliphatic heterocycles. The molecule has 1 saturated heterocycles. The van der Waals surface area contributed by atoms with Gasteiger partial charge >= 0.3 is 0 Å². The Morgan fingerprint density at radius 2 is 1.62 bits per heavy atom. The minimum absolute atomic E-state index is 0.0309. The predicted molar refractivity (Wildman–Crippen MR) is 145 cm³/mol. The highest BCUT2D eigenvalue weighted by Gasteiger charge is 2.57. The predicted octanol–water partition coefficient (Wildman–Crippen LogP) is 1.31. The molecule has 6 N–H and O–H groups in total. The van der Waals surface area contributed by atoms with Crippen molar-refractivity contribution in [2.45, 2.75) is 42.9 Å². The van der Waals surface area contributed by atoms with Crippen molar-refractivity contribution in [1.82, 2.24) is 19.5 Å². The first-order chi connectivity index (χ1) is 18.9. The molecule has 0 aliphatic carbocycles. The number of imidazole rings is 1. The van der Waals surface area contributed by atoms with Gasteiger partial charge < -0.3 is 35.9 Å². The molecule has 1 aliphatic rings. The molecule has 1 fully saturated rings. The van der Waals surface area contributed by atoms with Crippen molar-refractivity contribution in [2.75, 3.05) is 33.2 Å².